The van der Waals surface area contributed by atoms with Crippen molar-refractivity contribution in [3.05, 3.63) is 0 Å². The largest absolute Gasteiger partial charge is 0.327 e. The van der Waals surface area contributed by atoms with Gasteiger partial charge in [-0.15, -0.1) is 0 Å². The van der Waals surface area contributed by atoms with Gasteiger partial charge in [-0.3, -0.25) is 0 Å². The number of nitrogens with two attached hydrogens (primary N) is 1. The molecule has 0 aromatic rings. The SMILES string of the molecule is C[C@@H]1[C@@H]2CC[C@@H]([C@H]2N)C1(C)C. The quantitative estimate of drug-likeness (QED) is 0.566. The summed E-state index contributed by atoms with van der Waals surface area (Å²) >= 11 is 0. The Labute approximate surface area is 69.4 Å². The maximum absolute atomic E-state index is 6.15. The van der Waals surface area contributed by atoms with Crippen LogP contribution in [0.25, 0.3) is 0 Å². The maximum atomic E-state index is 6.15. The molecule has 2 aliphatic rings. The van der Waals surface area contributed by atoms with Crippen molar-refractivity contribution in [1.29, 1.82) is 0 Å². The molecule has 0 aliphatic heterocycles. The fourth-order valence-electron chi connectivity index (χ4n) is 3.40. The van der Waals surface area contributed by atoms with Gasteiger partial charge in [0, 0.05) is 6.04 Å². The Balaban J connectivity index is 2.31. The Morgan fingerprint density at radius 3 is 2.18 bits per heavy atom. The maximum Gasteiger partial charge on any atom is 0.0104 e. The Hall–Kier alpha value is -0.0400. The van der Waals surface area contributed by atoms with Crippen LogP contribution in [0, 0.1) is 23.2 Å². The Morgan fingerprint density at radius 1 is 1.27 bits per heavy atom. The fourth-order valence-corrected chi connectivity index (χ4v) is 3.40. The van der Waals surface area contributed by atoms with Crippen molar-refractivity contribution in [2.75, 3.05) is 0 Å². The van der Waals surface area contributed by atoms with Crippen LogP contribution in [0.2, 0.25) is 0 Å². The molecule has 0 saturated heterocycles. The topological polar surface area (TPSA) is 26.0 Å². The molecule has 0 aromatic heterocycles. The first-order valence-electron chi connectivity index (χ1n) is 4.80. The van der Waals surface area contributed by atoms with Crippen LogP contribution in [-0.2, 0) is 0 Å². The van der Waals surface area contributed by atoms with Crippen LogP contribution in [0.1, 0.15) is 33.6 Å². The van der Waals surface area contributed by atoms with Gasteiger partial charge in [0.05, 0.1) is 0 Å². The van der Waals surface area contributed by atoms with Crippen LogP contribution in [0.5, 0.6) is 0 Å². The van der Waals surface area contributed by atoms with Crippen molar-refractivity contribution < 1.29 is 0 Å². The summed E-state index contributed by atoms with van der Waals surface area (Å²) in [5.74, 6) is 2.48. The normalized spacial score (nSPS) is 53.5. The second kappa shape index (κ2) is 2.01. The Morgan fingerprint density at radius 2 is 1.91 bits per heavy atom. The molecule has 1 heteroatoms. The van der Waals surface area contributed by atoms with E-state index in [-0.39, 0.29) is 0 Å². The molecule has 11 heavy (non-hydrogen) atoms. The number of hydrogen-bond acceptors (Lipinski definition) is 1. The van der Waals surface area contributed by atoms with Crippen LogP contribution in [0.3, 0.4) is 0 Å². The molecule has 0 aromatic carbocycles. The number of rotatable bonds is 0. The monoisotopic (exact) mass is 153 g/mol. The molecule has 0 unspecified atom stereocenters. The Kier molecular flexibility index (Phi) is 1.39. The summed E-state index contributed by atoms with van der Waals surface area (Å²) in [6.07, 6.45) is 2.76. The summed E-state index contributed by atoms with van der Waals surface area (Å²) in [4.78, 5) is 0. The van der Waals surface area contributed by atoms with Crippen LogP contribution < -0.4 is 5.73 Å². The van der Waals surface area contributed by atoms with E-state index in [0.29, 0.717) is 11.5 Å². The summed E-state index contributed by atoms with van der Waals surface area (Å²) in [6.45, 7) is 7.16. The van der Waals surface area contributed by atoms with Gasteiger partial charge in [-0.25, -0.2) is 0 Å². The number of fused-ring (bicyclic) bond motifs is 2. The van der Waals surface area contributed by atoms with Crippen LogP contribution in [0.15, 0.2) is 0 Å². The molecular weight excluding hydrogens is 134 g/mol. The predicted molar refractivity (Wildman–Crippen MR) is 47.1 cm³/mol. The van der Waals surface area contributed by atoms with Gasteiger partial charge < -0.3 is 5.73 Å². The molecule has 0 radical (unpaired) electrons. The molecule has 2 rings (SSSR count). The highest BCUT2D eigenvalue weighted by Gasteiger charge is 2.55. The van der Waals surface area contributed by atoms with Crippen LogP contribution >= 0.6 is 0 Å². The van der Waals surface area contributed by atoms with Gasteiger partial charge in [0.2, 0.25) is 0 Å². The highest BCUT2D eigenvalue weighted by atomic mass is 14.8. The van der Waals surface area contributed by atoms with Crippen molar-refractivity contribution in [1.82, 2.24) is 0 Å². The number of hydrogen-bond donors (Lipinski definition) is 1. The summed E-state index contributed by atoms with van der Waals surface area (Å²) in [7, 11) is 0. The molecule has 0 heterocycles. The molecule has 0 amide bonds. The molecule has 0 spiro atoms. The smallest absolute Gasteiger partial charge is 0.0104 e. The van der Waals surface area contributed by atoms with E-state index < -0.39 is 0 Å². The van der Waals surface area contributed by atoms with E-state index in [0.717, 1.165) is 17.8 Å². The van der Waals surface area contributed by atoms with Crippen molar-refractivity contribution in [2.45, 2.75) is 39.7 Å². The molecule has 4 atom stereocenters. The lowest BCUT2D eigenvalue weighted by atomic mass is 9.70. The van der Waals surface area contributed by atoms with E-state index in [2.05, 4.69) is 20.8 Å². The molecular formula is C10H19N. The summed E-state index contributed by atoms with van der Waals surface area (Å²) in [5, 5.41) is 0. The molecule has 2 N–H and O–H groups in total. The third kappa shape index (κ3) is 0.752. The van der Waals surface area contributed by atoms with Crippen molar-refractivity contribution in [3.8, 4) is 0 Å². The first-order chi connectivity index (χ1) is 5.05. The minimum Gasteiger partial charge on any atom is -0.327 e. The third-order valence-electron chi connectivity index (χ3n) is 4.54. The fraction of sp³-hybridized carbons (Fsp3) is 1.00. The van der Waals surface area contributed by atoms with Crippen LogP contribution in [0.4, 0.5) is 0 Å². The Bertz CT molecular complexity index is 174. The van der Waals surface area contributed by atoms with E-state index in [1.165, 1.54) is 12.8 Å². The van der Waals surface area contributed by atoms with Gasteiger partial charge in [0.15, 0.2) is 0 Å². The average molecular weight is 153 g/mol. The minimum absolute atomic E-state index is 0.514. The van der Waals surface area contributed by atoms with E-state index in [1.54, 1.807) is 0 Å². The summed E-state index contributed by atoms with van der Waals surface area (Å²) in [5.41, 5.74) is 6.67. The van der Waals surface area contributed by atoms with Crippen molar-refractivity contribution in [2.24, 2.45) is 28.9 Å². The highest BCUT2D eigenvalue weighted by molar-refractivity contribution is 5.07. The van der Waals surface area contributed by atoms with Crippen molar-refractivity contribution in [3.63, 3.8) is 0 Å². The van der Waals surface area contributed by atoms with Gasteiger partial charge in [-0.05, 0) is 36.0 Å². The highest BCUT2D eigenvalue weighted by Crippen LogP contribution is 2.58. The van der Waals surface area contributed by atoms with Gasteiger partial charge in [-0.2, -0.15) is 0 Å². The van der Waals surface area contributed by atoms with Gasteiger partial charge in [-0.1, -0.05) is 20.8 Å². The third-order valence-corrected chi connectivity index (χ3v) is 4.54. The second-order valence-corrected chi connectivity index (χ2v) is 5.04. The molecule has 2 fully saturated rings. The zero-order chi connectivity index (χ0) is 8.22. The average Bonchev–Trinajstić information content (AvgIpc) is 2.34. The van der Waals surface area contributed by atoms with Crippen molar-refractivity contribution >= 4 is 0 Å². The van der Waals surface area contributed by atoms with Gasteiger partial charge in [0.1, 0.15) is 0 Å². The first-order valence-corrected chi connectivity index (χ1v) is 4.80. The van der Waals surface area contributed by atoms with E-state index in [1.807, 2.05) is 0 Å². The summed E-state index contributed by atoms with van der Waals surface area (Å²) < 4.78 is 0. The van der Waals surface area contributed by atoms with Gasteiger partial charge in [0.25, 0.3) is 0 Å². The lowest BCUT2D eigenvalue weighted by Gasteiger charge is -2.35. The zero-order valence-electron chi connectivity index (χ0n) is 7.80. The lowest BCUT2D eigenvalue weighted by Crippen LogP contribution is -2.30. The molecule has 64 valence electrons. The standard InChI is InChI=1S/C10H19N/c1-6-7-4-5-8(9(7)11)10(6,2)3/h6-9H,4-5,11H2,1-3H3/t6-,7+,8+,9+/m1/s1. The van der Waals surface area contributed by atoms with E-state index >= 15 is 0 Å². The predicted octanol–water partition coefficient (Wildman–Crippen LogP) is 2.02. The lowest BCUT2D eigenvalue weighted by molar-refractivity contribution is 0.137. The zero-order valence-corrected chi connectivity index (χ0v) is 7.80. The molecule has 2 aliphatic carbocycles. The minimum atomic E-state index is 0.514. The van der Waals surface area contributed by atoms with Crippen LogP contribution in [-0.4, -0.2) is 6.04 Å². The first kappa shape index (κ1) is 7.60. The van der Waals surface area contributed by atoms with E-state index in [9.17, 15) is 0 Å². The molecule has 2 bridgehead atoms. The summed E-state index contributed by atoms with van der Waals surface area (Å²) in [6, 6.07) is 0.514. The van der Waals surface area contributed by atoms with E-state index in [4.69, 9.17) is 5.73 Å². The van der Waals surface area contributed by atoms with Gasteiger partial charge >= 0.3 is 0 Å². The second-order valence-electron chi connectivity index (χ2n) is 5.04. The molecule has 2 saturated carbocycles. The molecule has 1 nitrogen and oxygen atoms in total.